The number of hydrogen-bond donors (Lipinski definition) is 1. The van der Waals surface area contributed by atoms with Gasteiger partial charge < -0.3 is 10.2 Å². The molecule has 1 heterocycles. The summed E-state index contributed by atoms with van der Waals surface area (Å²) >= 11 is 0. The van der Waals surface area contributed by atoms with Crippen molar-refractivity contribution in [3.8, 4) is 0 Å². The van der Waals surface area contributed by atoms with Crippen LogP contribution in [-0.4, -0.2) is 33.0 Å². The van der Waals surface area contributed by atoms with Crippen LogP contribution in [0.1, 0.15) is 41.7 Å². The Labute approximate surface area is 159 Å². The van der Waals surface area contributed by atoms with E-state index in [2.05, 4.69) is 5.32 Å². The molecule has 142 valence electrons. The summed E-state index contributed by atoms with van der Waals surface area (Å²) in [6.45, 7) is 2.55. The van der Waals surface area contributed by atoms with Gasteiger partial charge >= 0.3 is 0 Å². The summed E-state index contributed by atoms with van der Waals surface area (Å²) in [5.41, 5.74) is 2.12. The number of carbonyl (C=O) groups excluding carboxylic acids is 2. The fraction of sp³-hybridized carbons (Fsp3) is 0.300. The number of anilines is 1. The Morgan fingerprint density at radius 3 is 2.22 bits per heavy atom. The molecule has 27 heavy (non-hydrogen) atoms. The fourth-order valence-corrected chi connectivity index (χ4v) is 3.71. The molecule has 2 aromatic rings. The van der Waals surface area contributed by atoms with Crippen molar-refractivity contribution in [1.82, 2.24) is 5.32 Å². The van der Waals surface area contributed by atoms with Crippen LogP contribution in [0.5, 0.6) is 0 Å². The molecule has 1 N–H and O–H groups in total. The number of benzene rings is 2. The molecule has 0 radical (unpaired) electrons. The van der Waals surface area contributed by atoms with E-state index < -0.39 is 9.84 Å². The number of amides is 2. The topological polar surface area (TPSA) is 83.6 Å². The van der Waals surface area contributed by atoms with E-state index in [9.17, 15) is 18.0 Å². The quantitative estimate of drug-likeness (QED) is 0.856. The highest BCUT2D eigenvalue weighted by atomic mass is 32.2. The lowest BCUT2D eigenvalue weighted by Crippen LogP contribution is -2.27. The zero-order valence-corrected chi connectivity index (χ0v) is 16.1. The van der Waals surface area contributed by atoms with Crippen molar-refractivity contribution in [2.75, 3.05) is 17.7 Å². The van der Waals surface area contributed by atoms with Crippen molar-refractivity contribution < 1.29 is 18.0 Å². The molecule has 0 saturated carbocycles. The Morgan fingerprint density at radius 1 is 1.07 bits per heavy atom. The maximum atomic E-state index is 12.5. The minimum Gasteiger partial charge on any atom is -0.346 e. The molecular formula is C20H22N2O4S. The van der Waals surface area contributed by atoms with E-state index in [-0.39, 0.29) is 22.8 Å². The van der Waals surface area contributed by atoms with Crippen LogP contribution in [0.15, 0.2) is 53.4 Å². The third-order valence-electron chi connectivity index (χ3n) is 4.67. The van der Waals surface area contributed by atoms with E-state index in [1.165, 1.54) is 12.1 Å². The van der Waals surface area contributed by atoms with E-state index in [4.69, 9.17) is 0 Å². The van der Waals surface area contributed by atoms with Gasteiger partial charge in [0.15, 0.2) is 9.84 Å². The van der Waals surface area contributed by atoms with Crippen molar-refractivity contribution in [3.05, 3.63) is 59.7 Å². The molecular weight excluding hydrogens is 364 g/mol. The van der Waals surface area contributed by atoms with Gasteiger partial charge in [0.25, 0.3) is 5.91 Å². The Morgan fingerprint density at radius 2 is 1.70 bits per heavy atom. The van der Waals surface area contributed by atoms with Crippen molar-refractivity contribution in [1.29, 1.82) is 0 Å². The Balaban J connectivity index is 1.66. The zero-order chi connectivity index (χ0) is 19.6. The highest BCUT2D eigenvalue weighted by Crippen LogP contribution is 2.22. The summed E-state index contributed by atoms with van der Waals surface area (Å²) in [6, 6.07) is 13.2. The van der Waals surface area contributed by atoms with Gasteiger partial charge in [0.05, 0.1) is 10.9 Å². The maximum Gasteiger partial charge on any atom is 0.251 e. The van der Waals surface area contributed by atoms with Crippen molar-refractivity contribution in [2.45, 2.75) is 30.7 Å². The van der Waals surface area contributed by atoms with Gasteiger partial charge in [-0.1, -0.05) is 12.1 Å². The van der Waals surface area contributed by atoms with Gasteiger partial charge in [-0.15, -0.1) is 0 Å². The molecule has 2 aromatic carbocycles. The van der Waals surface area contributed by atoms with Gasteiger partial charge in [0.1, 0.15) is 0 Å². The summed E-state index contributed by atoms with van der Waals surface area (Å²) < 4.78 is 23.1. The van der Waals surface area contributed by atoms with Crippen LogP contribution in [0, 0.1) is 0 Å². The first-order chi connectivity index (χ1) is 12.8. The van der Waals surface area contributed by atoms with Gasteiger partial charge in [0.2, 0.25) is 5.91 Å². The average molecular weight is 386 g/mol. The van der Waals surface area contributed by atoms with Crippen LogP contribution in [0.4, 0.5) is 5.69 Å². The van der Waals surface area contributed by atoms with Gasteiger partial charge in [-0.25, -0.2) is 8.42 Å². The van der Waals surface area contributed by atoms with Crippen LogP contribution in [0.2, 0.25) is 0 Å². The van der Waals surface area contributed by atoms with Crippen LogP contribution in [-0.2, 0) is 14.6 Å². The first-order valence-electron chi connectivity index (χ1n) is 8.77. The predicted octanol–water partition coefficient (Wildman–Crippen LogP) is 2.71. The minimum absolute atomic E-state index is 0.110. The summed E-state index contributed by atoms with van der Waals surface area (Å²) in [7, 11) is -3.24. The van der Waals surface area contributed by atoms with Gasteiger partial charge in [-0.05, 0) is 55.3 Å². The molecule has 1 aliphatic heterocycles. The van der Waals surface area contributed by atoms with Crippen LogP contribution < -0.4 is 10.2 Å². The van der Waals surface area contributed by atoms with Crippen LogP contribution in [0.3, 0.4) is 0 Å². The average Bonchev–Trinajstić information content (AvgIpc) is 3.07. The predicted molar refractivity (Wildman–Crippen MR) is 103 cm³/mol. The first kappa shape index (κ1) is 19.1. The van der Waals surface area contributed by atoms with E-state index in [0.717, 1.165) is 23.9 Å². The number of hydrogen-bond acceptors (Lipinski definition) is 4. The van der Waals surface area contributed by atoms with Crippen LogP contribution in [0.25, 0.3) is 0 Å². The molecule has 0 unspecified atom stereocenters. The van der Waals surface area contributed by atoms with Gasteiger partial charge in [-0.3, -0.25) is 9.59 Å². The highest BCUT2D eigenvalue weighted by Gasteiger charge is 2.22. The summed E-state index contributed by atoms with van der Waals surface area (Å²) in [4.78, 5) is 26.2. The normalized spacial score (nSPS) is 15.6. The van der Waals surface area contributed by atoms with Crippen molar-refractivity contribution in [2.24, 2.45) is 0 Å². The lowest BCUT2D eigenvalue weighted by molar-refractivity contribution is -0.117. The van der Waals surface area contributed by atoms with E-state index >= 15 is 0 Å². The number of nitrogens with one attached hydrogen (secondary N) is 1. The largest absolute Gasteiger partial charge is 0.346 e. The highest BCUT2D eigenvalue weighted by molar-refractivity contribution is 7.90. The third-order valence-corrected chi connectivity index (χ3v) is 5.80. The third kappa shape index (κ3) is 4.36. The molecule has 1 atom stereocenters. The standard InChI is InChI=1S/C20H22N2O4S/c1-14(15-7-11-18(12-8-15)27(2,25)26)21-20(24)16-5-9-17(10-6-16)22-13-3-4-19(22)23/h5-12,14H,3-4,13H2,1-2H3,(H,21,24)/t14-/m1/s1. The van der Waals surface area contributed by atoms with Crippen molar-refractivity contribution >= 4 is 27.3 Å². The second kappa shape index (κ2) is 7.52. The SMILES string of the molecule is C[C@@H](NC(=O)c1ccc(N2CCCC2=O)cc1)c1ccc(S(C)(=O)=O)cc1. The summed E-state index contributed by atoms with van der Waals surface area (Å²) in [5, 5.41) is 2.90. The van der Waals surface area contributed by atoms with Crippen LogP contribution >= 0.6 is 0 Å². The number of sulfone groups is 1. The van der Waals surface area contributed by atoms with E-state index in [0.29, 0.717) is 18.5 Å². The van der Waals surface area contributed by atoms with E-state index in [1.807, 2.05) is 6.92 Å². The van der Waals surface area contributed by atoms with Gasteiger partial charge in [0, 0.05) is 30.5 Å². The molecule has 1 aliphatic rings. The lowest BCUT2D eigenvalue weighted by atomic mass is 10.1. The molecule has 6 nitrogen and oxygen atoms in total. The van der Waals surface area contributed by atoms with E-state index in [1.54, 1.807) is 41.3 Å². The summed E-state index contributed by atoms with van der Waals surface area (Å²) in [6.07, 6.45) is 2.58. The molecule has 0 spiro atoms. The summed E-state index contributed by atoms with van der Waals surface area (Å²) in [5.74, 6) is -0.118. The van der Waals surface area contributed by atoms with Crippen molar-refractivity contribution in [3.63, 3.8) is 0 Å². The molecule has 0 bridgehead atoms. The number of nitrogens with zero attached hydrogens (tertiary/aromatic N) is 1. The first-order valence-corrected chi connectivity index (χ1v) is 10.7. The maximum absolute atomic E-state index is 12.5. The Kier molecular flexibility index (Phi) is 5.32. The number of carbonyl (C=O) groups is 2. The number of rotatable bonds is 5. The molecule has 0 aliphatic carbocycles. The monoisotopic (exact) mass is 386 g/mol. The smallest absolute Gasteiger partial charge is 0.251 e. The molecule has 2 amide bonds. The second-order valence-corrected chi connectivity index (χ2v) is 8.75. The zero-order valence-electron chi connectivity index (χ0n) is 15.3. The second-order valence-electron chi connectivity index (χ2n) is 6.73. The van der Waals surface area contributed by atoms with Gasteiger partial charge in [-0.2, -0.15) is 0 Å². The minimum atomic E-state index is -3.24. The molecule has 3 rings (SSSR count). The molecule has 1 fully saturated rings. The lowest BCUT2D eigenvalue weighted by Gasteiger charge is -2.17. The Hall–Kier alpha value is -2.67. The molecule has 1 saturated heterocycles. The fourth-order valence-electron chi connectivity index (χ4n) is 3.08. The Bertz CT molecular complexity index is 950. The molecule has 0 aromatic heterocycles. The molecule has 7 heteroatoms.